The number of hydrogen-bond donors (Lipinski definition) is 1. The van der Waals surface area contributed by atoms with Crippen LogP contribution in [0.5, 0.6) is 0 Å². The van der Waals surface area contributed by atoms with Crippen LogP contribution in [0.3, 0.4) is 0 Å². The van der Waals surface area contributed by atoms with Gasteiger partial charge in [-0.15, -0.1) is 11.3 Å². The molecule has 0 amide bonds. The number of rotatable bonds is 6. The Bertz CT molecular complexity index is 531. The molecule has 2 nitrogen and oxygen atoms in total. The van der Waals surface area contributed by atoms with Crippen molar-refractivity contribution in [3.05, 3.63) is 35.2 Å². The summed E-state index contributed by atoms with van der Waals surface area (Å²) in [6.45, 7) is 2.83. The van der Waals surface area contributed by atoms with E-state index >= 15 is 0 Å². The molecule has 0 radical (unpaired) electrons. The first-order valence-electron chi connectivity index (χ1n) is 6.07. The van der Waals surface area contributed by atoms with Crippen LogP contribution in [0.25, 0.3) is 10.1 Å². The molecule has 1 aromatic heterocycles. The van der Waals surface area contributed by atoms with E-state index in [9.17, 15) is 4.79 Å². The third-order valence-corrected chi connectivity index (χ3v) is 4.26. The summed E-state index contributed by atoms with van der Waals surface area (Å²) in [6.07, 6.45) is 0.814. The highest BCUT2D eigenvalue weighted by molar-refractivity contribution is 9.09. The van der Waals surface area contributed by atoms with E-state index in [1.165, 1.54) is 4.70 Å². The minimum absolute atomic E-state index is 0.0922. The lowest BCUT2D eigenvalue weighted by Crippen LogP contribution is -2.37. The Labute approximate surface area is 120 Å². The summed E-state index contributed by atoms with van der Waals surface area (Å²) in [5.41, 5.74) is 0.799. The van der Waals surface area contributed by atoms with Crippen molar-refractivity contribution in [2.24, 2.45) is 0 Å². The lowest BCUT2D eigenvalue weighted by Gasteiger charge is -2.15. The maximum atomic E-state index is 12.4. The van der Waals surface area contributed by atoms with Crippen LogP contribution >= 0.6 is 27.3 Å². The Morgan fingerprint density at radius 2 is 2.28 bits per heavy atom. The second-order valence-corrected chi connectivity index (χ2v) is 5.87. The molecule has 1 unspecified atom stereocenters. The molecule has 0 aliphatic heterocycles. The number of ketones is 1. The molecule has 1 heterocycles. The Morgan fingerprint density at radius 1 is 1.44 bits per heavy atom. The van der Waals surface area contributed by atoms with Crippen molar-refractivity contribution in [1.82, 2.24) is 5.32 Å². The van der Waals surface area contributed by atoms with Crippen molar-refractivity contribution in [3.8, 4) is 0 Å². The first kappa shape index (κ1) is 13.7. The maximum Gasteiger partial charge on any atom is 0.179 e. The van der Waals surface area contributed by atoms with Crippen LogP contribution in [-0.2, 0) is 0 Å². The molecule has 1 atom stereocenters. The lowest BCUT2D eigenvalue weighted by atomic mass is 10.0. The minimum atomic E-state index is -0.0922. The summed E-state index contributed by atoms with van der Waals surface area (Å²) < 4.78 is 1.23. The van der Waals surface area contributed by atoms with Crippen molar-refractivity contribution in [2.75, 3.05) is 11.9 Å². The fraction of sp³-hybridized carbons (Fsp3) is 0.357. The quantitative estimate of drug-likeness (QED) is 0.645. The summed E-state index contributed by atoms with van der Waals surface area (Å²) in [6, 6.07) is 7.92. The Balaban J connectivity index is 2.24. The van der Waals surface area contributed by atoms with Crippen LogP contribution < -0.4 is 5.32 Å². The monoisotopic (exact) mass is 325 g/mol. The first-order valence-corrected chi connectivity index (χ1v) is 8.07. The molecule has 4 heteroatoms. The van der Waals surface area contributed by atoms with Crippen molar-refractivity contribution in [1.29, 1.82) is 0 Å². The molecule has 0 aliphatic carbocycles. The van der Waals surface area contributed by atoms with Crippen LogP contribution in [-0.4, -0.2) is 23.7 Å². The Hall–Kier alpha value is -0.710. The second-order valence-electron chi connectivity index (χ2n) is 4.13. The van der Waals surface area contributed by atoms with Gasteiger partial charge in [-0.1, -0.05) is 22.9 Å². The number of nitrogens with one attached hydrogen (secondary N) is 1. The number of carbonyl (C=O) groups excluding carboxylic acids is 1. The van der Waals surface area contributed by atoms with Crippen molar-refractivity contribution in [2.45, 2.75) is 19.4 Å². The standard InChI is InChI=1S/C14H16BrNOS/c1-2-16-12(5-7-15)14(17)11-3-4-13-10(9-11)6-8-18-13/h3-4,6,8-9,12,16H,2,5,7H2,1H3. The Morgan fingerprint density at radius 3 is 3.00 bits per heavy atom. The number of likely N-dealkylation sites (N-methyl/N-ethyl adjacent to an activating group) is 1. The van der Waals surface area contributed by atoms with Gasteiger partial charge in [0.25, 0.3) is 0 Å². The number of carbonyl (C=O) groups is 1. The molecule has 0 aliphatic rings. The zero-order chi connectivity index (χ0) is 13.0. The molecular weight excluding hydrogens is 310 g/mol. The fourth-order valence-corrected chi connectivity index (χ4v) is 3.23. The summed E-state index contributed by atoms with van der Waals surface area (Å²) in [5, 5.41) is 7.28. The summed E-state index contributed by atoms with van der Waals surface area (Å²) in [7, 11) is 0. The SMILES string of the molecule is CCNC(CCBr)C(=O)c1ccc2sccc2c1. The van der Waals surface area contributed by atoms with Gasteiger partial charge in [0, 0.05) is 15.6 Å². The lowest BCUT2D eigenvalue weighted by molar-refractivity contribution is 0.0942. The summed E-state index contributed by atoms with van der Waals surface area (Å²) in [4.78, 5) is 12.4. The van der Waals surface area contributed by atoms with E-state index in [-0.39, 0.29) is 11.8 Å². The van der Waals surface area contributed by atoms with Gasteiger partial charge in [-0.25, -0.2) is 0 Å². The highest BCUT2D eigenvalue weighted by Gasteiger charge is 2.18. The van der Waals surface area contributed by atoms with E-state index in [0.717, 1.165) is 29.2 Å². The van der Waals surface area contributed by atoms with Crippen LogP contribution in [0.4, 0.5) is 0 Å². The maximum absolute atomic E-state index is 12.4. The van der Waals surface area contributed by atoms with E-state index in [1.54, 1.807) is 11.3 Å². The largest absolute Gasteiger partial charge is 0.307 e. The van der Waals surface area contributed by atoms with Gasteiger partial charge < -0.3 is 5.32 Å². The van der Waals surface area contributed by atoms with Gasteiger partial charge in [0.15, 0.2) is 5.78 Å². The van der Waals surface area contributed by atoms with E-state index in [4.69, 9.17) is 0 Å². The molecular formula is C14H16BrNOS. The summed E-state index contributed by atoms with van der Waals surface area (Å²) >= 11 is 5.11. The molecule has 0 saturated carbocycles. The van der Waals surface area contributed by atoms with Crippen LogP contribution in [0.2, 0.25) is 0 Å². The van der Waals surface area contributed by atoms with Crippen molar-refractivity contribution >= 4 is 43.1 Å². The van der Waals surface area contributed by atoms with Crippen LogP contribution in [0.15, 0.2) is 29.6 Å². The molecule has 96 valence electrons. The van der Waals surface area contributed by atoms with E-state index in [0.29, 0.717) is 0 Å². The van der Waals surface area contributed by atoms with Gasteiger partial charge in [0.2, 0.25) is 0 Å². The predicted octanol–water partition coefficient (Wildman–Crippen LogP) is 3.85. The van der Waals surface area contributed by atoms with Crippen molar-refractivity contribution in [3.63, 3.8) is 0 Å². The third-order valence-electron chi connectivity index (χ3n) is 2.90. The highest BCUT2D eigenvalue weighted by Crippen LogP contribution is 2.22. The molecule has 1 aromatic carbocycles. The number of thiophene rings is 1. The second kappa shape index (κ2) is 6.45. The number of fused-ring (bicyclic) bond motifs is 1. The zero-order valence-corrected chi connectivity index (χ0v) is 12.7. The zero-order valence-electron chi connectivity index (χ0n) is 10.3. The number of Topliss-reactive ketones (excluding diaryl/α,β-unsaturated/α-hetero) is 1. The van der Waals surface area contributed by atoms with Crippen molar-refractivity contribution < 1.29 is 4.79 Å². The van der Waals surface area contributed by atoms with Gasteiger partial charge in [-0.2, -0.15) is 0 Å². The molecule has 1 N–H and O–H groups in total. The van der Waals surface area contributed by atoms with E-state index < -0.39 is 0 Å². The number of halogens is 1. The average molecular weight is 326 g/mol. The molecule has 0 bridgehead atoms. The molecule has 18 heavy (non-hydrogen) atoms. The van der Waals surface area contributed by atoms with Gasteiger partial charge in [-0.3, -0.25) is 4.79 Å². The van der Waals surface area contributed by atoms with E-state index in [2.05, 4.69) is 32.7 Å². The highest BCUT2D eigenvalue weighted by atomic mass is 79.9. The molecule has 0 fully saturated rings. The number of hydrogen-bond acceptors (Lipinski definition) is 3. The smallest absolute Gasteiger partial charge is 0.179 e. The molecule has 2 aromatic rings. The Kier molecular flexibility index (Phi) is 4.92. The van der Waals surface area contributed by atoms with E-state index in [1.807, 2.05) is 25.1 Å². The summed E-state index contributed by atoms with van der Waals surface area (Å²) in [5.74, 6) is 0.185. The molecule has 2 rings (SSSR count). The first-order chi connectivity index (χ1) is 8.76. The minimum Gasteiger partial charge on any atom is -0.307 e. The fourth-order valence-electron chi connectivity index (χ4n) is 2.00. The third kappa shape index (κ3) is 2.99. The number of benzene rings is 1. The molecule has 0 spiro atoms. The van der Waals surface area contributed by atoms with Crippen LogP contribution in [0, 0.1) is 0 Å². The van der Waals surface area contributed by atoms with Gasteiger partial charge in [0.1, 0.15) is 0 Å². The van der Waals surface area contributed by atoms with Gasteiger partial charge in [0.05, 0.1) is 6.04 Å². The predicted molar refractivity (Wildman–Crippen MR) is 82.0 cm³/mol. The average Bonchev–Trinajstić information content (AvgIpc) is 2.84. The normalized spacial score (nSPS) is 12.8. The topological polar surface area (TPSA) is 29.1 Å². The molecule has 0 saturated heterocycles. The van der Waals surface area contributed by atoms with Gasteiger partial charge >= 0.3 is 0 Å². The van der Waals surface area contributed by atoms with Crippen LogP contribution in [0.1, 0.15) is 23.7 Å². The number of alkyl halides is 1. The van der Waals surface area contributed by atoms with Gasteiger partial charge in [-0.05, 0) is 48.0 Å².